The number of nitrogens with zero attached hydrogens (tertiary/aromatic N) is 3. The summed E-state index contributed by atoms with van der Waals surface area (Å²) in [7, 11) is 0. The lowest BCUT2D eigenvalue weighted by Gasteiger charge is -2.23. The summed E-state index contributed by atoms with van der Waals surface area (Å²) in [6.45, 7) is 8.23. The van der Waals surface area contributed by atoms with E-state index in [1.165, 1.54) is 4.90 Å². The van der Waals surface area contributed by atoms with Crippen molar-refractivity contribution in [3.05, 3.63) is 95.7 Å². The standard InChI is InChI=1S/C33H37N5O4/c1-5-7-21-37(33(41)34-27-17-15-26(16-18-27)32(40)42-6-2)22-29(39)35-31-30(25-11-9-8-10-12-25)24(4)36-38(31)28-19-13-23(3)14-20-28/h8-20H,5-7,21-22H2,1-4H3,(H,34,41)(H,35,39). The lowest BCUT2D eigenvalue weighted by molar-refractivity contribution is -0.116. The van der Waals surface area contributed by atoms with E-state index in [4.69, 9.17) is 9.84 Å². The number of anilines is 2. The molecular weight excluding hydrogens is 530 g/mol. The van der Waals surface area contributed by atoms with Gasteiger partial charge in [0.1, 0.15) is 12.4 Å². The van der Waals surface area contributed by atoms with Crippen LogP contribution in [0.2, 0.25) is 0 Å². The molecule has 3 aromatic carbocycles. The van der Waals surface area contributed by atoms with Crippen LogP contribution in [0.25, 0.3) is 16.8 Å². The molecule has 0 bridgehead atoms. The van der Waals surface area contributed by atoms with Gasteiger partial charge in [0.15, 0.2) is 0 Å². The molecule has 0 spiro atoms. The molecule has 1 heterocycles. The van der Waals surface area contributed by atoms with E-state index >= 15 is 0 Å². The van der Waals surface area contributed by atoms with Crippen molar-refractivity contribution < 1.29 is 19.1 Å². The normalized spacial score (nSPS) is 10.7. The topological polar surface area (TPSA) is 106 Å². The Morgan fingerprint density at radius 3 is 2.21 bits per heavy atom. The number of unbranched alkanes of at least 4 members (excludes halogenated alkanes) is 1. The number of ether oxygens (including phenoxy) is 1. The predicted octanol–water partition coefficient (Wildman–Crippen LogP) is 6.61. The number of benzene rings is 3. The van der Waals surface area contributed by atoms with Crippen molar-refractivity contribution in [3.63, 3.8) is 0 Å². The van der Waals surface area contributed by atoms with Crippen LogP contribution >= 0.6 is 0 Å². The van der Waals surface area contributed by atoms with Crippen molar-refractivity contribution in [2.24, 2.45) is 0 Å². The number of amides is 3. The number of hydrogen-bond acceptors (Lipinski definition) is 5. The minimum atomic E-state index is -0.424. The molecule has 0 aliphatic heterocycles. The van der Waals surface area contributed by atoms with E-state index in [1.807, 2.05) is 75.4 Å². The zero-order chi connectivity index (χ0) is 30.1. The van der Waals surface area contributed by atoms with Gasteiger partial charge in [-0.3, -0.25) is 4.79 Å². The zero-order valence-electron chi connectivity index (χ0n) is 24.5. The first-order chi connectivity index (χ1) is 20.3. The van der Waals surface area contributed by atoms with E-state index in [-0.39, 0.29) is 19.1 Å². The minimum Gasteiger partial charge on any atom is -0.462 e. The molecule has 42 heavy (non-hydrogen) atoms. The quantitative estimate of drug-likeness (QED) is 0.199. The molecule has 0 saturated heterocycles. The number of nitrogens with one attached hydrogen (secondary N) is 2. The average molecular weight is 568 g/mol. The van der Waals surface area contributed by atoms with Crippen molar-refractivity contribution in [2.45, 2.75) is 40.5 Å². The van der Waals surface area contributed by atoms with Gasteiger partial charge in [-0.15, -0.1) is 0 Å². The van der Waals surface area contributed by atoms with Crippen LogP contribution in [0.5, 0.6) is 0 Å². The molecule has 0 fully saturated rings. The summed E-state index contributed by atoms with van der Waals surface area (Å²) in [6, 6.07) is 23.7. The molecular formula is C33H37N5O4. The van der Waals surface area contributed by atoms with Crippen molar-refractivity contribution in [1.29, 1.82) is 0 Å². The second-order valence-electron chi connectivity index (χ2n) is 9.97. The Morgan fingerprint density at radius 1 is 0.881 bits per heavy atom. The number of aryl methyl sites for hydroxylation is 2. The highest BCUT2D eigenvalue weighted by Gasteiger charge is 2.23. The van der Waals surface area contributed by atoms with Crippen LogP contribution in [-0.2, 0) is 9.53 Å². The maximum Gasteiger partial charge on any atom is 0.338 e. The van der Waals surface area contributed by atoms with Crippen LogP contribution in [0.1, 0.15) is 48.3 Å². The fourth-order valence-electron chi connectivity index (χ4n) is 4.52. The van der Waals surface area contributed by atoms with Gasteiger partial charge < -0.3 is 20.3 Å². The highest BCUT2D eigenvalue weighted by Crippen LogP contribution is 2.33. The summed E-state index contributed by atoms with van der Waals surface area (Å²) in [6.07, 6.45) is 1.59. The molecule has 1 aromatic heterocycles. The van der Waals surface area contributed by atoms with Crippen molar-refractivity contribution in [1.82, 2.24) is 14.7 Å². The minimum absolute atomic E-state index is 0.154. The van der Waals surface area contributed by atoms with Crippen molar-refractivity contribution >= 4 is 29.4 Å². The van der Waals surface area contributed by atoms with Crippen LogP contribution < -0.4 is 10.6 Å². The van der Waals surface area contributed by atoms with Gasteiger partial charge in [-0.25, -0.2) is 14.3 Å². The molecule has 0 aliphatic carbocycles. The first kappa shape index (κ1) is 30.0. The number of esters is 1. The molecule has 0 unspecified atom stereocenters. The molecule has 0 aliphatic rings. The molecule has 3 amide bonds. The van der Waals surface area contributed by atoms with Gasteiger partial charge in [0.05, 0.1) is 23.6 Å². The Labute approximate surface area is 246 Å². The summed E-state index contributed by atoms with van der Waals surface area (Å²) < 4.78 is 6.75. The third-order valence-corrected chi connectivity index (χ3v) is 6.71. The van der Waals surface area contributed by atoms with Crippen LogP contribution in [0.4, 0.5) is 16.3 Å². The van der Waals surface area contributed by atoms with Crippen LogP contribution in [0, 0.1) is 13.8 Å². The van der Waals surface area contributed by atoms with E-state index in [0.29, 0.717) is 23.6 Å². The van der Waals surface area contributed by atoms with E-state index < -0.39 is 12.0 Å². The second kappa shape index (κ2) is 14.1. The third-order valence-electron chi connectivity index (χ3n) is 6.71. The summed E-state index contributed by atoms with van der Waals surface area (Å²) in [4.78, 5) is 40.2. The van der Waals surface area contributed by atoms with E-state index in [0.717, 1.165) is 40.9 Å². The van der Waals surface area contributed by atoms with Crippen molar-refractivity contribution in [2.75, 3.05) is 30.3 Å². The van der Waals surface area contributed by atoms with Gasteiger partial charge in [-0.05, 0) is 69.2 Å². The fraction of sp³-hybridized carbons (Fsp3) is 0.273. The maximum atomic E-state index is 13.5. The Balaban J connectivity index is 1.56. The summed E-state index contributed by atoms with van der Waals surface area (Å²) in [5, 5.41) is 10.7. The summed E-state index contributed by atoms with van der Waals surface area (Å²) in [5.74, 6) is -0.228. The van der Waals surface area contributed by atoms with Gasteiger partial charge in [-0.1, -0.05) is 61.4 Å². The van der Waals surface area contributed by atoms with Crippen LogP contribution in [0.15, 0.2) is 78.9 Å². The number of carbonyl (C=O) groups is 3. The van der Waals surface area contributed by atoms with E-state index in [1.54, 1.807) is 35.9 Å². The van der Waals surface area contributed by atoms with Gasteiger partial charge in [0.25, 0.3) is 0 Å². The fourth-order valence-corrected chi connectivity index (χ4v) is 4.52. The zero-order valence-corrected chi connectivity index (χ0v) is 24.5. The lowest BCUT2D eigenvalue weighted by atomic mass is 10.1. The predicted molar refractivity (Wildman–Crippen MR) is 165 cm³/mol. The van der Waals surface area contributed by atoms with Gasteiger partial charge in [0.2, 0.25) is 5.91 Å². The smallest absolute Gasteiger partial charge is 0.338 e. The summed E-state index contributed by atoms with van der Waals surface area (Å²) >= 11 is 0. The monoisotopic (exact) mass is 567 g/mol. The first-order valence-electron chi connectivity index (χ1n) is 14.2. The Bertz CT molecular complexity index is 1510. The summed E-state index contributed by atoms with van der Waals surface area (Å²) in [5.41, 5.74) is 5.34. The highest BCUT2D eigenvalue weighted by molar-refractivity contribution is 5.99. The van der Waals surface area contributed by atoms with E-state index in [2.05, 4.69) is 10.6 Å². The Kier molecular flexibility index (Phi) is 10.1. The highest BCUT2D eigenvalue weighted by atomic mass is 16.5. The molecule has 0 atom stereocenters. The Hall–Kier alpha value is -4.92. The average Bonchev–Trinajstić information content (AvgIpc) is 3.31. The second-order valence-corrected chi connectivity index (χ2v) is 9.97. The van der Waals surface area contributed by atoms with Crippen molar-refractivity contribution in [3.8, 4) is 16.8 Å². The Morgan fingerprint density at radius 2 is 1.57 bits per heavy atom. The van der Waals surface area contributed by atoms with Crippen LogP contribution in [0.3, 0.4) is 0 Å². The van der Waals surface area contributed by atoms with Gasteiger partial charge >= 0.3 is 12.0 Å². The van der Waals surface area contributed by atoms with Gasteiger partial charge in [-0.2, -0.15) is 5.10 Å². The molecule has 9 heteroatoms. The molecule has 9 nitrogen and oxygen atoms in total. The molecule has 0 saturated carbocycles. The third kappa shape index (κ3) is 7.42. The molecule has 4 rings (SSSR count). The number of urea groups is 1. The van der Waals surface area contributed by atoms with E-state index in [9.17, 15) is 14.4 Å². The maximum absolute atomic E-state index is 13.5. The van der Waals surface area contributed by atoms with Crippen LogP contribution in [-0.4, -0.2) is 52.3 Å². The first-order valence-corrected chi connectivity index (χ1v) is 14.2. The molecule has 218 valence electrons. The largest absolute Gasteiger partial charge is 0.462 e. The molecule has 2 N–H and O–H groups in total. The SMILES string of the molecule is CCCCN(CC(=O)Nc1c(-c2ccccc2)c(C)nn1-c1ccc(C)cc1)C(=O)Nc1ccc(C(=O)OCC)cc1. The lowest BCUT2D eigenvalue weighted by Crippen LogP contribution is -2.41. The molecule has 4 aromatic rings. The number of carbonyl (C=O) groups excluding carboxylic acids is 3. The number of aromatic nitrogens is 2. The number of hydrogen-bond donors (Lipinski definition) is 2. The number of rotatable bonds is 11. The molecule has 0 radical (unpaired) electrons. The van der Waals surface area contributed by atoms with Gasteiger partial charge in [0, 0.05) is 17.8 Å².